The summed E-state index contributed by atoms with van der Waals surface area (Å²) < 4.78 is 5.42. The summed E-state index contributed by atoms with van der Waals surface area (Å²) in [5.41, 5.74) is 0. The topological polar surface area (TPSA) is 73.9 Å². The van der Waals surface area contributed by atoms with Gasteiger partial charge in [0.2, 0.25) is 0 Å². The Balaban J connectivity index is 1.98. The van der Waals surface area contributed by atoms with Crippen molar-refractivity contribution in [2.45, 2.75) is 141 Å². The zero-order chi connectivity index (χ0) is 27.7. The number of rotatable bonds is 23. The van der Waals surface area contributed by atoms with E-state index in [9.17, 15) is 9.59 Å². The highest BCUT2D eigenvalue weighted by molar-refractivity contribution is 5.74. The molecule has 0 radical (unpaired) electrons. The van der Waals surface area contributed by atoms with Gasteiger partial charge in [-0.3, -0.25) is 0 Å². The maximum atomic E-state index is 12.7. The lowest BCUT2D eigenvalue weighted by atomic mass is 10.0. The highest BCUT2D eigenvalue weighted by Gasteiger charge is 2.27. The highest BCUT2D eigenvalue weighted by atomic mass is 16.5. The van der Waals surface area contributed by atoms with Crippen LogP contribution in [0.4, 0.5) is 9.59 Å². The van der Waals surface area contributed by atoms with Gasteiger partial charge in [-0.15, -0.1) is 0 Å². The molecule has 1 atom stereocenters. The number of nitrogens with zero attached hydrogens (tertiary/aromatic N) is 2. The van der Waals surface area contributed by atoms with E-state index in [1.807, 2.05) is 19.0 Å². The fourth-order valence-electron chi connectivity index (χ4n) is 5.22. The lowest BCUT2D eigenvalue weighted by molar-refractivity contribution is 0.0829. The number of nitrogens with one attached hydrogen (secondary N) is 2. The van der Waals surface area contributed by atoms with Crippen molar-refractivity contribution in [3.8, 4) is 0 Å². The van der Waals surface area contributed by atoms with Gasteiger partial charge in [0.25, 0.3) is 0 Å². The molecule has 1 saturated heterocycles. The van der Waals surface area contributed by atoms with Crippen LogP contribution in [0, 0.1) is 0 Å². The second-order valence-electron chi connectivity index (χ2n) is 11.6. The molecule has 0 aliphatic carbocycles. The summed E-state index contributed by atoms with van der Waals surface area (Å²) in [4.78, 5) is 28.7. The first-order chi connectivity index (χ1) is 18.5. The quantitative estimate of drug-likeness (QED) is 0.132. The minimum atomic E-state index is -0.386. The van der Waals surface area contributed by atoms with Crippen LogP contribution < -0.4 is 10.6 Å². The average Bonchev–Trinajstić information content (AvgIpc) is 2.91. The predicted molar refractivity (Wildman–Crippen MR) is 160 cm³/mol. The molecule has 1 aliphatic rings. The molecule has 0 bridgehead atoms. The van der Waals surface area contributed by atoms with Gasteiger partial charge < -0.3 is 25.2 Å². The molecule has 0 spiro atoms. The van der Waals surface area contributed by atoms with Crippen LogP contribution in [-0.2, 0) is 4.74 Å². The number of carbonyl (C=O) groups excluding carboxylic acids is 2. The van der Waals surface area contributed by atoms with Crippen molar-refractivity contribution in [1.29, 1.82) is 0 Å². The van der Waals surface area contributed by atoms with Gasteiger partial charge in [-0.05, 0) is 52.7 Å². The summed E-state index contributed by atoms with van der Waals surface area (Å²) in [6.45, 7) is 5.55. The van der Waals surface area contributed by atoms with E-state index in [1.165, 1.54) is 96.3 Å². The number of alkyl carbamates (subject to hydrolysis) is 1. The van der Waals surface area contributed by atoms with Crippen molar-refractivity contribution in [2.24, 2.45) is 0 Å². The Hall–Kier alpha value is -1.50. The standard InChI is InChI=1S/C31H62N4O3/c1-4-5-6-7-8-9-10-11-12-13-14-15-16-17-18-20-24-32-30(36)35-27-21-19-23-29(35)28-38-31(37)33-25-22-26-34(2)3/h29H,4-28H2,1-3H3,(H,32,36)(H,33,37). The van der Waals surface area contributed by atoms with E-state index in [4.69, 9.17) is 4.74 Å². The van der Waals surface area contributed by atoms with Crippen LogP contribution in [0.1, 0.15) is 135 Å². The van der Waals surface area contributed by atoms with Crippen molar-refractivity contribution in [1.82, 2.24) is 20.4 Å². The Morgan fingerprint density at radius 1 is 0.737 bits per heavy atom. The number of likely N-dealkylation sites (tertiary alicyclic amines) is 1. The molecule has 7 nitrogen and oxygen atoms in total. The Bertz CT molecular complexity index is 573. The fraction of sp³-hybridized carbons (Fsp3) is 0.935. The predicted octanol–water partition coefficient (Wildman–Crippen LogP) is 7.49. The van der Waals surface area contributed by atoms with Crippen molar-refractivity contribution in [2.75, 3.05) is 46.9 Å². The Kier molecular flexibility index (Phi) is 22.3. The number of urea groups is 1. The third-order valence-corrected chi connectivity index (χ3v) is 7.65. The van der Waals surface area contributed by atoms with E-state index < -0.39 is 0 Å². The smallest absolute Gasteiger partial charge is 0.407 e. The zero-order valence-electron chi connectivity index (χ0n) is 25.4. The van der Waals surface area contributed by atoms with Gasteiger partial charge in [-0.1, -0.05) is 103 Å². The molecule has 0 aromatic rings. The van der Waals surface area contributed by atoms with E-state index in [-0.39, 0.29) is 24.8 Å². The molecule has 1 unspecified atom stereocenters. The Morgan fingerprint density at radius 2 is 1.26 bits per heavy atom. The van der Waals surface area contributed by atoms with Crippen LogP contribution >= 0.6 is 0 Å². The number of piperidine rings is 1. The fourth-order valence-corrected chi connectivity index (χ4v) is 5.22. The lowest BCUT2D eigenvalue weighted by Gasteiger charge is -2.35. The summed E-state index contributed by atoms with van der Waals surface area (Å²) in [7, 11) is 4.03. The van der Waals surface area contributed by atoms with Crippen LogP contribution in [0.5, 0.6) is 0 Å². The molecule has 1 rings (SSSR count). The minimum Gasteiger partial charge on any atom is -0.447 e. The molecular formula is C31H62N4O3. The van der Waals surface area contributed by atoms with Gasteiger partial charge in [-0.25, -0.2) is 9.59 Å². The van der Waals surface area contributed by atoms with Gasteiger partial charge in [-0.2, -0.15) is 0 Å². The molecule has 38 heavy (non-hydrogen) atoms. The SMILES string of the molecule is CCCCCCCCCCCCCCCCCCNC(=O)N1CCCCC1COC(=O)NCCCN(C)C. The molecule has 1 heterocycles. The Labute approximate surface area is 235 Å². The second kappa shape index (κ2) is 24.5. The van der Waals surface area contributed by atoms with Crippen LogP contribution in [0.25, 0.3) is 0 Å². The second-order valence-corrected chi connectivity index (χ2v) is 11.6. The van der Waals surface area contributed by atoms with Gasteiger partial charge in [0.15, 0.2) is 0 Å². The van der Waals surface area contributed by atoms with Crippen molar-refractivity contribution >= 4 is 12.1 Å². The van der Waals surface area contributed by atoms with E-state index in [0.717, 1.165) is 51.7 Å². The number of amides is 3. The van der Waals surface area contributed by atoms with E-state index >= 15 is 0 Å². The largest absolute Gasteiger partial charge is 0.447 e. The first-order valence-electron chi connectivity index (χ1n) is 16.1. The molecular weight excluding hydrogens is 476 g/mol. The third-order valence-electron chi connectivity index (χ3n) is 7.65. The monoisotopic (exact) mass is 538 g/mol. The van der Waals surface area contributed by atoms with Crippen molar-refractivity contribution in [3.63, 3.8) is 0 Å². The first kappa shape index (κ1) is 34.5. The van der Waals surface area contributed by atoms with Crippen molar-refractivity contribution < 1.29 is 14.3 Å². The van der Waals surface area contributed by atoms with Crippen LogP contribution in [-0.4, -0.2) is 74.8 Å². The number of hydrogen-bond acceptors (Lipinski definition) is 4. The lowest BCUT2D eigenvalue weighted by Crippen LogP contribution is -2.51. The van der Waals surface area contributed by atoms with Crippen molar-refractivity contribution in [3.05, 3.63) is 0 Å². The number of unbranched alkanes of at least 4 members (excludes halogenated alkanes) is 15. The summed E-state index contributed by atoms with van der Waals surface area (Å²) >= 11 is 0. The van der Waals surface area contributed by atoms with Crippen LogP contribution in [0.3, 0.4) is 0 Å². The molecule has 1 aliphatic heterocycles. The van der Waals surface area contributed by atoms with Gasteiger partial charge >= 0.3 is 12.1 Å². The highest BCUT2D eigenvalue weighted by Crippen LogP contribution is 2.18. The third kappa shape index (κ3) is 19.6. The number of hydrogen-bond donors (Lipinski definition) is 2. The molecule has 0 saturated carbocycles. The minimum absolute atomic E-state index is 0.00866. The number of carbonyl (C=O) groups is 2. The van der Waals surface area contributed by atoms with Gasteiger partial charge in [0, 0.05) is 19.6 Å². The first-order valence-corrected chi connectivity index (χ1v) is 16.1. The molecule has 0 aromatic heterocycles. The Morgan fingerprint density at radius 3 is 1.82 bits per heavy atom. The normalized spacial score (nSPS) is 15.6. The summed E-state index contributed by atoms with van der Waals surface area (Å²) in [6, 6.07) is -0.0345. The van der Waals surface area contributed by atoms with E-state index in [1.54, 1.807) is 0 Å². The average molecular weight is 539 g/mol. The maximum absolute atomic E-state index is 12.7. The van der Waals surface area contributed by atoms with Gasteiger partial charge in [0.05, 0.1) is 6.04 Å². The van der Waals surface area contributed by atoms with Gasteiger partial charge in [0.1, 0.15) is 6.61 Å². The number of ether oxygens (including phenoxy) is 1. The summed E-state index contributed by atoms with van der Waals surface area (Å²) in [5.74, 6) is 0. The van der Waals surface area contributed by atoms with Crippen LogP contribution in [0.15, 0.2) is 0 Å². The summed E-state index contributed by atoms with van der Waals surface area (Å²) in [5, 5.41) is 5.90. The summed E-state index contributed by atoms with van der Waals surface area (Å²) in [6.07, 6.45) is 25.1. The molecule has 3 amide bonds. The van der Waals surface area contributed by atoms with Crippen LogP contribution in [0.2, 0.25) is 0 Å². The van der Waals surface area contributed by atoms with E-state index in [0.29, 0.717) is 6.54 Å². The molecule has 2 N–H and O–H groups in total. The maximum Gasteiger partial charge on any atom is 0.407 e. The molecule has 7 heteroatoms. The van der Waals surface area contributed by atoms with E-state index in [2.05, 4.69) is 22.5 Å². The zero-order valence-corrected chi connectivity index (χ0v) is 25.4. The molecule has 0 aromatic carbocycles. The molecule has 1 fully saturated rings. The molecule has 224 valence electrons.